The van der Waals surface area contributed by atoms with E-state index in [0.717, 1.165) is 0 Å². The number of fused-ring (bicyclic) bond motifs is 24. The number of nitro groups is 4. The van der Waals surface area contributed by atoms with Gasteiger partial charge in [0.25, 0.3) is 22.7 Å². The Kier molecular flexibility index (Phi) is 7.67. The number of nitro benzene ring substituents is 4. The number of aromatic amines is 2. The number of nitrogens with zero attached hydrogens (tertiary/aromatic N) is 10. The summed E-state index contributed by atoms with van der Waals surface area (Å²) in [5.41, 5.74) is 2.94. The third-order valence-corrected chi connectivity index (χ3v) is 12.4. The molecule has 13 rings (SSSR count). The zero-order chi connectivity index (χ0) is 46.3. The minimum Gasteiger partial charge on any atom is -0.324 e. The fourth-order valence-corrected chi connectivity index (χ4v) is 9.17. The number of nitrogens with one attached hydrogen (secondary N) is 2. The molecule has 2 N–H and O–H groups in total. The van der Waals surface area contributed by atoms with Gasteiger partial charge in [-0.15, -0.1) is 0 Å². The molecule has 0 saturated carbocycles. The summed E-state index contributed by atoms with van der Waals surface area (Å²) in [5.74, 6) is 0.870. The van der Waals surface area contributed by atoms with Crippen LogP contribution in [-0.2, 0) is 0 Å². The van der Waals surface area contributed by atoms with Crippen LogP contribution in [0.15, 0.2) is 121 Å². The maximum Gasteiger partial charge on any atom is 0.270 e. The van der Waals surface area contributed by atoms with E-state index in [4.69, 9.17) is 29.9 Å². The highest BCUT2D eigenvalue weighted by Crippen LogP contribution is 2.42. The molecule has 0 aliphatic carbocycles. The van der Waals surface area contributed by atoms with Crippen LogP contribution in [0.2, 0.25) is 0 Å². The normalized spacial score (nSPS) is 12.0. The van der Waals surface area contributed by atoms with Crippen molar-refractivity contribution in [1.82, 2.24) is 39.9 Å². The summed E-state index contributed by atoms with van der Waals surface area (Å²) < 4.78 is 0. The average Bonchev–Trinajstić information content (AvgIpc) is 4.04. The first kappa shape index (κ1) is 38.2. The first-order chi connectivity index (χ1) is 32.9. The molecule has 8 aromatic carbocycles. The Morgan fingerprint density at radius 1 is 0.294 bits per heavy atom. The van der Waals surface area contributed by atoms with Gasteiger partial charge in [0.05, 0.1) is 19.7 Å². The lowest BCUT2D eigenvalue weighted by Crippen LogP contribution is -1.89. The molecule has 322 valence electrons. The van der Waals surface area contributed by atoms with Crippen LogP contribution in [0.25, 0.3) is 133 Å². The summed E-state index contributed by atoms with van der Waals surface area (Å²) in [6.07, 6.45) is 0. The van der Waals surface area contributed by atoms with Gasteiger partial charge in [-0.05, 0) is 116 Å². The topological polar surface area (TPSA) is 281 Å². The van der Waals surface area contributed by atoms with Crippen molar-refractivity contribution in [2.45, 2.75) is 0 Å². The molecule has 0 unspecified atom stereocenters. The Morgan fingerprint density at radius 2 is 0.529 bits per heavy atom. The van der Waals surface area contributed by atoms with Gasteiger partial charge in [0.2, 0.25) is 0 Å². The lowest BCUT2D eigenvalue weighted by atomic mass is 10.0. The molecule has 0 atom stereocenters. The van der Waals surface area contributed by atoms with Crippen LogP contribution < -0.4 is 0 Å². The highest BCUT2D eigenvalue weighted by molar-refractivity contribution is 6.13. The largest absolute Gasteiger partial charge is 0.324 e. The predicted octanol–water partition coefficient (Wildman–Crippen LogP) is 11.1. The van der Waals surface area contributed by atoms with Crippen LogP contribution in [-0.4, -0.2) is 59.6 Å². The molecule has 0 amide bonds. The van der Waals surface area contributed by atoms with E-state index >= 15 is 0 Å². The van der Waals surface area contributed by atoms with E-state index in [1.54, 1.807) is 48.5 Å². The van der Waals surface area contributed by atoms with Crippen molar-refractivity contribution in [2.24, 2.45) is 0 Å². The summed E-state index contributed by atoms with van der Waals surface area (Å²) >= 11 is 0. The Balaban J connectivity index is 1.20. The number of rotatable bonds is 4. The lowest BCUT2D eigenvalue weighted by Gasteiger charge is -2.03. The molecule has 0 fully saturated rings. The van der Waals surface area contributed by atoms with E-state index in [1.807, 2.05) is 24.3 Å². The average molecular weight is 895 g/mol. The Hall–Kier alpha value is -10.2. The molecule has 0 spiro atoms. The molecular weight excluding hydrogens is 873 g/mol. The number of hydrogen-bond donors (Lipinski definition) is 2. The molecule has 68 heavy (non-hydrogen) atoms. The number of benzene rings is 8. The van der Waals surface area contributed by atoms with Crippen molar-refractivity contribution in [1.29, 1.82) is 0 Å². The fourth-order valence-electron chi connectivity index (χ4n) is 9.17. The van der Waals surface area contributed by atoms with Crippen molar-refractivity contribution in [2.75, 3.05) is 0 Å². The quantitative estimate of drug-likeness (QED) is 0.123. The van der Waals surface area contributed by atoms with Crippen molar-refractivity contribution in [3.63, 3.8) is 0 Å². The molecule has 2 aliphatic rings. The van der Waals surface area contributed by atoms with E-state index in [0.29, 0.717) is 109 Å². The van der Waals surface area contributed by atoms with Gasteiger partial charge in [-0.2, -0.15) is 0 Å². The Morgan fingerprint density at radius 3 is 0.809 bits per heavy atom. The number of hydrogen-bond acceptors (Lipinski definition) is 14. The molecule has 5 heterocycles. The van der Waals surface area contributed by atoms with E-state index in [2.05, 4.69) is 9.97 Å². The fraction of sp³-hybridized carbons (Fsp3) is 0. The molecule has 8 bridgehead atoms. The van der Waals surface area contributed by atoms with E-state index < -0.39 is 19.7 Å². The summed E-state index contributed by atoms with van der Waals surface area (Å²) in [6.45, 7) is 0. The second kappa shape index (κ2) is 13.6. The summed E-state index contributed by atoms with van der Waals surface area (Å²) in [7, 11) is 0. The lowest BCUT2D eigenvalue weighted by molar-refractivity contribution is -0.384. The molecule has 0 saturated heterocycles. The Labute approximate surface area is 375 Å². The maximum atomic E-state index is 11.9. The van der Waals surface area contributed by atoms with Crippen LogP contribution in [0.4, 0.5) is 22.7 Å². The van der Waals surface area contributed by atoms with Crippen LogP contribution in [0.1, 0.15) is 0 Å². The van der Waals surface area contributed by atoms with E-state index in [1.165, 1.54) is 48.5 Å². The molecule has 20 heteroatoms. The van der Waals surface area contributed by atoms with Crippen molar-refractivity contribution >= 4 is 110 Å². The van der Waals surface area contributed by atoms with Gasteiger partial charge in [-0.25, -0.2) is 29.9 Å². The van der Waals surface area contributed by atoms with Crippen molar-refractivity contribution in [3.8, 4) is 45.6 Å². The Bertz CT molecular complexity index is 4150. The van der Waals surface area contributed by atoms with Crippen LogP contribution >= 0.6 is 0 Å². The van der Waals surface area contributed by atoms with Crippen molar-refractivity contribution < 1.29 is 19.7 Å². The van der Waals surface area contributed by atoms with Gasteiger partial charge in [-0.1, -0.05) is 0 Å². The van der Waals surface area contributed by atoms with Gasteiger partial charge in [0.1, 0.15) is 22.6 Å². The van der Waals surface area contributed by atoms with Crippen molar-refractivity contribution in [3.05, 3.63) is 162 Å². The third-order valence-electron chi connectivity index (χ3n) is 12.4. The first-order valence-electron chi connectivity index (χ1n) is 20.6. The van der Waals surface area contributed by atoms with Gasteiger partial charge >= 0.3 is 0 Å². The molecule has 3 aromatic heterocycles. The molecule has 0 radical (unpaired) electrons. The van der Waals surface area contributed by atoms with E-state index in [-0.39, 0.29) is 46.0 Å². The molecule has 2 aliphatic heterocycles. The summed E-state index contributed by atoms with van der Waals surface area (Å²) in [6, 6.07) is 32.5. The zero-order valence-corrected chi connectivity index (χ0v) is 34.3. The maximum absolute atomic E-state index is 11.9. The molecule has 20 nitrogen and oxygen atoms in total. The third kappa shape index (κ3) is 5.80. The van der Waals surface area contributed by atoms with Crippen LogP contribution in [0.3, 0.4) is 0 Å². The van der Waals surface area contributed by atoms with Crippen LogP contribution in [0.5, 0.6) is 0 Å². The second-order valence-corrected chi connectivity index (χ2v) is 16.4. The smallest absolute Gasteiger partial charge is 0.270 e. The minimum absolute atomic E-state index is 0.103. The van der Waals surface area contributed by atoms with Gasteiger partial charge < -0.3 is 9.97 Å². The van der Waals surface area contributed by atoms with Gasteiger partial charge in [-0.3, -0.25) is 40.5 Å². The second-order valence-electron chi connectivity index (χ2n) is 16.4. The minimum atomic E-state index is -0.472. The number of aromatic nitrogens is 8. The monoisotopic (exact) mass is 894 g/mol. The first-order valence-corrected chi connectivity index (χ1v) is 20.6. The summed E-state index contributed by atoms with van der Waals surface area (Å²) in [5, 5.41) is 54.6. The van der Waals surface area contributed by atoms with Gasteiger partial charge in [0.15, 0.2) is 23.3 Å². The van der Waals surface area contributed by atoms with Gasteiger partial charge in [0, 0.05) is 92.3 Å². The zero-order valence-electron chi connectivity index (χ0n) is 34.3. The molecular formula is C48H22N12O8. The van der Waals surface area contributed by atoms with Crippen LogP contribution in [0, 0.1) is 40.5 Å². The predicted molar refractivity (Wildman–Crippen MR) is 253 cm³/mol. The number of non-ortho nitro benzene ring substituents is 4. The standard InChI is InChI=1S/C48H22N12O8/c61-57(62)29-5-1-21-13-33-37(17-25(21)9-29)45-49-41(33)53-46-38-18-26-10-30(58(63)64)6-2-22(26)14-34(38)43(50-46)55-48-40-20-28-12-32(60(67)68)8-4-24(28)16-36(40)44(52-48)56-47-39-19-27-11-31(59(65)66)7-3-23(27)15-35(39)42(51-47)54-45/h1-20H,(H2,49,50,51,52,53,54,55,56). The highest BCUT2D eigenvalue weighted by Gasteiger charge is 2.25. The SMILES string of the molecule is O=[N+]([O-])c1ccc2cc3c(cc2c1)-c1nc-3nc2[nH]c(nc3nc(nc4[nH]c(n1)c1cc5ccc([N+](=O)[O-])cc5cc41)-c1cc4ccc([N+](=O)[O-])cc4cc1-3)c1cc3ccc([N+](=O)[O-])cc3cc21. The molecule has 11 aromatic rings. The summed E-state index contributed by atoms with van der Waals surface area (Å²) in [4.78, 5) is 82.7. The van der Waals surface area contributed by atoms with E-state index in [9.17, 15) is 40.5 Å². The number of H-pyrrole nitrogens is 2. The highest BCUT2D eigenvalue weighted by atomic mass is 16.6.